The van der Waals surface area contributed by atoms with Gasteiger partial charge in [-0.3, -0.25) is 4.79 Å². The molecular formula is C30H39N3O5S3. The molecule has 0 amide bonds. The van der Waals surface area contributed by atoms with Gasteiger partial charge in [0.05, 0.1) is 27.9 Å². The number of hydrogen-bond donors (Lipinski definition) is 1. The summed E-state index contributed by atoms with van der Waals surface area (Å²) in [5.74, 6) is 0.585. The van der Waals surface area contributed by atoms with Gasteiger partial charge >= 0.3 is 5.97 Å². The van der Waals surface area contributed by atoms with Crippen LogP contribution in [0, 0.1) is 5.92 Å². The van der Waals surface area contributed by atoms with Crippen molar-refractivity contribution in [2.75, 3.05) is 0 Å². The van der Waals surface area contributed by atoms with Crippen molar-refractivity contribution in [2.24, 2.45) is 5.92 Å². The summed E-state index contributed by atoms with van der Waals surface area (Å²) in [6, 6.07) is 15.2. The quantitative estimate of drug-likeness (QED) is 0.206. The number of para-hydroxylation sites is 2. The zero-order valence-corrected chi connectivity index (χ0v) is 26.8. The van der Waals surface area contributed by atoms with Gasteiger partial charge in [0.2, 0.25) is 15.9 Å². The highest BCUT2D eigenvalue weighted by Crippen LogP contribution is 2.32. The minimum Gasteiger partial charge on any atom is -0.473 e. The van der Waals surface area contributed by atoms with Crippen LogP contribution >= 0.6 is 22.7 Å². The number of rotatable bonds is 8. The number of aromatic nitrogens is 2. The van der Waals surface area contributed by atoms with Crippen molar-refractivity contribution in [3.8, 4) is 16.5 Å². The number of fused-ring (bicyclic) bond motifs is 1. The number of esters is 1. The molecule has 8 nitrogen and oxygen atoms in total. The summed E-state index contributed by atoms with van der Waals surface area (Å²) in [5.41, 5.74) is 2.57. The number of hydrogen-bond acceptors (Lipinski definition) is 9. The molecule has 0 radical (unpaired) electrons. The number of nitrogens with one attached hydrogen (secondary N) is 1. The van der Waals surface area contributed by atoms with Crippen LogP contribution in [-0.2, 0) is 19.6 Å². The third-order valence-corrected chi connectivity index (χ3v) is 9.53. The second-order valence-corrected chi connectivity index (χ2v) is 14.2. The van der Waals surface area contributed by atoms with Gasteiger partial charge in [0.1, 0.15) is 16.0 Å². The van der Waals surface area contributed by atoms with Gasteiger partial charge in [-0.25, -0.2) is 23.1 Å². The number of carbonyl (C=O) groups is 1. The molecule has 1 aliphatic rings. The summed E-state index contributed by atoms with van der Waals surface area (Å²) >= 11 is 2.86. The first kappa shape index (κ1) is 32.7. The van der Waals surface area contributed by atoms with E-state index in [1.807, 2.05) is 69.5 Å². The summed E-state index contributed by atoms with van der Waals surface area (Å²) in [6.07, 6.45) is 3.68. The molecule has 0 saturated heterocycles. The van der Waals surface area contributed by atoms with Crippen LogP contribution in [0.1, 0.15) is 60.8 Å². The topological polar surface area (TPSA) is 107 Å². The van der Waals surface area contributed by atoms with Crippen LogP contribution in [0.4, 0.5) is 0 Å². The number of ether oxygens (including phenoxy) is 2. The maximum absolute atomic E-state index is 11.4. The average Bonchev–Trinajstić information content (AvgIpc) is 3.61. The van der Waals surface area contributed by atoms with E-state index in [1.165, 1.54) is 17.8 Å². The van der Waals surface area contributed by atoms with E-state index in [-0.39, 0.29) is 30.1 Å². The molecule has 1 aliphatic carbocycles. The fourth-order valence-electron chi connectivity index (χ4n) is 3.44. The normalized spacial score (nSPS) is 13.3. The standard InChI is InChI=1S/C15H14N2OS.C8H14O2.C7H11NO2S2/c1-10(2)18-15-14(13-8-5-9-19-13)16-11-6-3-4-7-12(11)17-15;1-6(2)8(9)10-7-4-3-5-7;1-6(2)8-12(9,10)7-4-3-5-11-7/h3-10H,1-2H3;6-7H,3-5H2,1-2H3;3-6,8H,1-2H3. The lowest BCUT2D eigenvalue weighted by Gasteiger charge is -2.25. The van der Waals surface area contributed by atoms with Crippen LogP contribution < -0.4 is 9.46 Å². The van der Waals surface area contributed by atoms with E-state index in [0.717, 1.165) is 34.4 Å². The minimum absolute atomic E-state index is 0.0283. The molecule has 1 fully saturated rings. The van der Waals surface area contributed by atoms with Gasteiger partial charge < -0.3 is 9.47 Å². The highest BCUT2D eigenvalue weighted by atomic mass is 32.2. The van der Waals surface area contributed by atoms with E-state index >= 15 is 0 Å². The Kier molecular flexibility index (Phi) is 12.3. The smallest absolute Gasteiger partial charge is 0.308 e. The summed E-state index contributed by atoms with van der Waals surface area (Å²) < 4.78 is 36.6. The molecular weight excluding hydrogens is 579 g/mol. The van der Waals surface area contributed by atoms with Gasteiger partial charge in [0.25, 0.3) is 0 Å². The second-order valence-electron chi connectivity index (χ2n) is 10.4. The van der Waals surface area contributed by atoms with Crippen LogP contribution in [0.15, 0.2) is 63.5 Å². The van der Waals surface area contributed by atoms with Crippen molar-refractivity contribution in [2.45, 2.75) is 83.3 Å². The SMILES string of the molecule is CC(C)C(=O)OC1CCC1.CC(C)NS(=O)(=O)c1cccs1.CC(C)Oc1nc2ccccc2nc1-c1cccs1. The molecule has 1 aromatic carbocycles. The molecule has 0 bridgehead atoms. The van der Waals surface area contributed by atoms with Crippen molar-refractivity contribution < 1.29 is 22.7 Å². The summed E-state index contributed by atoms with van der Waals surface area (Å²) in [6.45, 7) is 11.3. The predicted molar refractivity (Wildman–Crippen MR) is 167 cm³/mol. The molecule has 41 heavy (non-hydrogen) atoms. The number of thiophene rings is 2. The van der Waals surface area contributed by atoms with Crippen LogP contribution in [0.3, 0.4) is 0 Å². The van der Waals surface area contributed by atoms with E-state index in [2.05, 4.69) is 9.71 Å². The highest BCUT2D eigenvalue weighted by Gasteiger charge is 2.22. The van der Waals surface area contributed by atoms with Gasteiger partial charge in [0, 0.05) is 6.04 Å². The Labute approximate surface area is 251 Å². The van der Waals surface area contributed by atoms with Crippen LogP contribution in [0.2, 0.25) is 0 Å². The fraction of sp³-hybridized carbons (Fsp3) is 0.433. The van der Waals surface area contributed by atoms with E-state index in [4.69, 9.17) is 14.5 Å². The van der Waals surface area contributed by atoms with Gasteiger partial charge in [-0.05, 0) is 82.0 Å². The molecule has 0 atom stereocenters. The molecule has 1 N–H and O–H groups in total. The molecule has 1 saturated carbocycles. The Balaban J connectivity index is 0.000000182. The largest absolute Gasteiger partial charge is 0.473 e. The Hall–Kier alpha value is -2.86. The molecule has 0 aliphatic heterocycles. The van der Waals surface area contributed by atoms with Crippen molar-refractivity contribution >= 4 is 49.7 Å². The van der Waals surface area contributed by atoms with Crippen LogP contribution in [0.25, 0.3) is 21.6 Å². The van der Waals surface area contributed by atoms with Gasteiger partial charge in [0.15, 0.2) is 0 Å². The zero-order chi connectivity index (χ0) is 30.0. The molecule has 11 heteroatoms. The Morgan fingerprint density at radius 1 is 0.902 bits per heavy atom. The third-order valence-electron chi connectivity index (χ3n) is 5.60. The minimum atomic E-state index is -3.25. The van der Waals surface area contributed by atoms with Crippen LogP contribution in [-0.4, -0.2) is 42.6 Å². The monoisotopic (exact) mass is 617 g/mol. The maximum atomic E-state index is 11.4. The Morgan fingerprint density at radius 3 is 2.02 bits per heavy atom. The molecule has 0 unspecified atom stereocenters. The molecule has 4 aromatic rings. The number of nitrogens with zero attached hydrogens (tertiary/aromatic N) is 2. The zero-order valence-electron chi connectivity index (χ0n) is 24.4. The van der Waals surface area contributed by atoms with E-state index in [1.54, 1.807) is 42.7 Å². The first-order valence-corrected chi connectivity index (χ1v) is 16.9. The maximum Gasteiger partial charge on any atom is 0.308 e. The lowest BCUT2D eigenvalue weighted by molar-refractivity contribution is -0.156. The van der Waals surface area contributed by atoms with Crippen molar-refractivity contribution in [3.63, 3.8) is 0 Å². The first-order chi connectivity index (χ1) is 19.5. The van der Waals surface area contributed by atoms with Gasteiger partial charge in [-0.15, -0.1) is 22.7 Å². The summed E-state index contributed by atoms with van der Waals surface area (Å²) in [4.78, 5) is 21.3. The molecule has 5 rings (SSSR count). The van der Waals surface area contributed by atoms with Gasteiger partial charge in [-0.2, -0.15) is 0 Å². The number of sulfonamides is 1. The van der Waals surface area contributed by atoms with Crippen LogP contribution in [0.5, 0.6) is 5.88 Å². The number of benzene rings is 1. The van der Waals surface area contributed by atoms with Gasteiger partial charge in [-0.1, -0.05) is 38.1 Å². The lowest BCUT2D eigenvalue weighted by Crippen LogP contribution is -2.29. The summed E-state index contributed by atoms with van der Waals surface area (Å²) in [5, 5.41) is 3.78. The molecule has 222 valence electrons. The van der Waals surface area contributed by atoms with Crippen molar-refractivity contribution in [3.05, 3.63) is 59.3 Å². The molecule has 3 aromatic heterocycles. The molecule has 0 spiro atoms. The fourth-order valence-corrected chi connectivity index (χ4v) is 6.40. The average molecular weight is 618 g/mol. The predicted octanol–water partition coefficient (Wildman–Crippen LogP) is 7.32. The third kappa shape index (κ3) is 10.2. The second kappa shape index (κ2) is 15.4. The van der Waals surface area contributed by atoms with Crippen molar-refractivity contribution in [1.29, 1.82) is 0 Å². The van der Waals surface area contributed by atoms with E-state index < -0.39 is 10.0 Å². The van der Waals surface area contributed by atoms with E-state index in [9.17, 15) is 13.2 Å². The lowest BCUT2D eigenvalue weighted by atomic mass is 9.96. The van der Waals surface area contributed by atoms with Crippen molar-refractivity contribution in [1.82, 2.24) is 14.7 Å². The summed E-state index contributed by atoms with van der Waals surface area (Å²) in [7, 11) is -3.25. The van der Waals surface area contributed by atoms with E-state index in [0.29, 0.717) is 10.1 Å². The Morgan fingerprint density at radius 2 is 1.54 bits per heavy atom. The number of carbonyl (C=O) groups excluding carboxylic acids is 1. The highest BCUT2D eigenvalue weighted by molar-refractivity contribution is 7.91. The molecule has 3 heterocycles. The Bertz CT molecular complexity index is 1460. The first-order valence-electron chi connectivity index (χ1n) is 13.7.